The summed E-state index contributed by atoms with van der Waals surface area (Å²) in [6.07, 6.45) is 7.81. The molecule has 2 fully saturated rings. The molecule has 1 saturated heterocycles. The minimum atomic E-state index is -0.248. The lowest BCUT2D eigenvalue weighted by Crippen LogP contribution is -2.38. The fourth-order valence-corrected chi connectivity index (χ4v) is 5.05. The topological polar surface area (TPSA) is 59.0 Å². The summed E-state index contributed by atoms with van der Waals surface area (Å²) in [7, 11) is 0. The van der Waals surface area contributed by atoms with Crippen molar-refractivity contribution in [1.29, 1.82) is 0 Å². The Kier molecular flexibility index (Phi) is 4.26. The molecule has 1 saturated carbocycles. The van der Waals surface area contributed by atoms with Gasteiger partial charge in [0, 0.05) is 5.56 Å². The van der Waals surface area contributed by atoms with Gasteiger partial charge in [0.25, 0.3) is 11.8 Å². The summed E-state index contributed by atoms with van der Waals surface area (Å²) in [6.45, 7) is 3.94. The molecule has 1 heterocycles. The lowest BCUT2D eigenvalue weighted by atomic mass is 9.63. The van der Waals surface area contributed by atoms with Crippen molar-refractivity contribution in [3.05, 3.63) is 54.1 Å². The molecule has 4 aliphatic rings. The molecule has 0 aromatic heterocycles. The maximum Gasteiger partial charge on any atom is 0.254 e. The number of hydrogen-bond donors (Lipinski definition) is 0. The highest BCUT2D eigenvalue weighted by atomic mass is 16.5. The van der Waals surface area contributed by atoms with E-state index in [0.717, 1.165) is 34.2 Å². The standard InChI is InChI=1S/C24H24N2O3/c1-14(2)29-20-12-11-15-5-3-4-6-18(15)19(20)13-25-26-23(27)21-16-7-8-17(10-9-16)22(21)24(26)28/h3-8,11-14,16-17,21-22H,9-10H2,1-2H3/b25-13-/t16-,17-,21-,22+/m0/s1. The number of imide groups is 1. The smallest absolute Gasteiger partial charge is 0.254 e. The highest BCUT2D eigenvalue weighted by Crippen LogP contribution is 2.49. The Morgan fingerprint density at radius 3 is 2.28 bits per heavy atom. The van der Waals surface area contributed by atoms with Crippen molar-refractivity contribution in [2.24, 2.45) is 28.8 Å². The van der Waals surface area contributed by atoms with Gasteiger partial charge in [-0.3, -0.25) is 9.59 Å². The first-order chi connectivity index (χ1) is 14.0. The van der Waals surface area contributed by atoms with Crippen LogP contribution in [0.25, 0.3) is 10.8 Å². The van der Waals surface area contributed by atoms with E-state index in [1.54, 1.807) is 6.21 Å². The van der Waals surface area contributed by atoms with Gasteiger partial charge < -0.3 is 4.74 Å². The summed E-state index contributed by atoms with van der Waals surface area (Å²) in [4.78, 5) is 26.0. The Morgan fingerprint density at radius 1 is 1.00 bits per heavy atom. The van der Waals surface area contributed by atoms with E-state index in [0.29, 0.717) is 5.75 Å². The third-order valence-electron chi connectivity index (χ3n) is 6.33. The van der Waals surface area contributed by atoms with E-state index in [9.17, 15) is 9.59 Å². The fourth-order valence-electron chi connectivity index (χ4n) is 5.05. The molecule has 5 heteroatoms. The molecule has 2 amide bonds. The van der Waals surface area contributed by atoms with Crippen molar-refractivity contribution in [2.45, 2.75) is 32.8 Å². The van der Waals surface area contributed by atoms with Crippen molar-refractivity contribution in [3.63, 3.8) is 0 Å². The molecule has 3 aliphatic carbocycles. The number of amides is 2. The van der Waals surface area contributed by atoms with Crippen LogP contribution in [-0.4, -0.2) is 29.1 Å². The van der Waals surface area contributed by atoms with Crippen LogP contribution < -0.4 is 4.74 Å². The van der Waals surface area contributed by atoms with E-state index in [1.807, 2.05) is 50.2 Å². The summed E-state index contributed by atoms with van der Waals surface area (Å²) >= 11 is 0. The van der Waals surface area contributed by atoms with Crippen molar-refractivity contribution in [3.8, 4) is 5.75 Å². The van der Waals surface area contributed by atoms with Crippen LogP contribution in [0.2, 0.25) is 0 Å². The van der Waals surface area contributed by atoms with Gasteiger partial charge in [-0.2, -0.15) is 10.1 Å². The second-order valence-electron chi connectivity index (χ2n) is 8.44. The van der Waals surface area contributed by atoms with E-state index in [-0.39, 0.29) is 41.6 Å². The molecule has 2 aromatic carbocycles. The summed E-state index contributed by atoms with van der Waals surface area (Å²) in [5.41, 5.74) is 0.786. The van der Waals surface area contributed by atoms with Crippen molar-refractivity contribution >= 4 is 28.8 Å². The Bertz CT molecular complexity index is 1020. The lowest BCUT2D eigenvalue weighted by Gasteiger charge is -2.37. The van der Waals surface area contributed by atoms with Gasteiger partial charge >= 0.3 is 0 Å². The van der Waals surface area contributed by atoms with Crippen LogP contribution in [0.1, 0.15) is 32.3 Å². The van der Waals surface area contributed by atoms with Gasteiger partial charge in [0.05, 0.1) is 24.2 Å². The lowest BCUT2D eigenvalue weighted by molar-refractivity contribution is -0.140. The van der Waals surface area contributed by atoms with Crippen molar-refractivity contribution in [2.75, 3.05) is 0 Å². The summed E-state index contributed by atoms with van der Waals surface area (Å²) < 4.78 is 5.97. The molecule has 0 unspecified atom stereocenters. The number of rotatable bonds is 4. The number of allylic oxidation sites excluding steroid dienone is 2. The number of carbonyl (C=O) groups excluding carboxylic acids is 2. The Hall–Kier alpha value is -2.95. The van der Waals surface area contributed by atoms with Crippen LogP contribution in [0, 0.1) is 23.7 Å². The summed E-state index contributed by atoms with van der Waals surface area (Å²) in [5, 5.41) is 7.54. The third kappa shape index (κ3) is 2.87. The van der Waals surface area contributed by atoms with Gasteiger partial charge in [0.1, 0.15) is 5.75 Å². The first kappa shape index (κ1) is 18.1. The molecule has 148 valence electrons. The van der Waals surface area contributed by atoms with Crippen LogP contribution in [0.4, 0.5) is 0 Å². The molecular formula is C24H24N2O3. The van der Waals surface area contributed by atoms with Crippen molar-refractivity contribution in [1.82, 2.24) is 5.01 Å². The van der Waals surface area contributed by atoms with Gasteiger partial charge in [-0.25, -0.2) is 0 Å². The molecule has 6 rings (SSSR count). The SMILES string of the molecule is CC(C)Oc1ccc2ccccc2c1/C=N\N1C(=O)[C@@H]2[C@H](C1=O)[C@H]1C=C[C@H]2CC1. The molecule has 0 spiro atoms. The van der Waals surface area contributed by atoms with E-state index in [4.69, 9.17) is 4.74 Å². The second-order valence-corrected chi connectivity index (χ2v) is 8.44. The first-order valence-corrected chi connectivity index (χ1v) is 10.3. The quantitative estimate of drug-likeness (QED) is 0.449. The summed E-state index contributed by atoms with van der Waals surface area (Å²) in [5.74, 6) is 0.201. The van der Waals surface area contributed by atoms with E-state index in [2.05, 4.69) is 17.3 Å². The molecule has 1 aliphatic heterocycles. The number of hydrogen-bond acceptors (Lipinski definition) is 4. The average molecular weight is 388 g/mol. The normalized spacial score (nSPS) is 28.2. The summed E-state index contributed by atoms with van der Waals surface area (Å²) in [6, 6.07) is 11.9. The van der Waals surface area contributed by atoms with Crippen molar-refractivity contribution < 1.29 is 14.3 Å². The number of benzene rings is 2. The predicted molar refractivity (Wildman–Crippen MR) is 111 cm³/mol. The number of fused-ring (bicyclic) bond motifs is 2. The zero-order valence-corrected chi connectivity index (χ0v) is 16.6. The Labute approximate surface area is 170 Å². The van der Waals surface area contributed by atoms with Gasteiger partial charge in [-0.15, -0.1) is 0 Å². The average Bonchev–Trinajstić information content (AvgIpc) is 3.00. The van der Waals surface area contributed by atoms with Gasteiger partial charge in [0.15, 0.2) is 0 Å². The minimum absolute atomic E-state index is 0.00271. The monoisotopic (exact) mass is 388 g/mol. The minimum Gasteiger partial charge on any atom is -0.490 e. The third-order valence-corrected chi connectivity index (χ3v) is 6.33. The molecule has 2 bridgehead atoms. The molecular weight excluding hydrogens is 364 g/mol. The largest absolute Gasteiger partial charge is 0.490 e. The van der Waals surface area contributed by atoms with Gasteiger partial charge in [0.2, 0.25) is 0 Å². The highest BCUT2D eigenvalue weighted by Gasteiger charge is 2.56. The zero-order chi connectivity index (χ0) is 20.1. The molecule has 5 nitrogen and oxygen atoms in total. The van der Waals surface area contributed by atoms with E-state index < -0.39 is 0 Å². The fraction of sp³-hybridized carbons (Fsp3) is 0.375. The molecule has 0 radical (unpaired) electrons. The van der Waals surface area contributed by atoms with Crippen LogP contribution in [-0.2, 0) is 9.59 Å². The van der Waals surface area contributed by atoms with E-state index >= 15 is 0 Å². The number of hydrazone groups is 1. The maximum absolute atomic E-state index is 13.0. The molecule has 4 atom stereocenters. The van der Waals surface area contributed by atoms with Crippen LogP contribution >= 0.6 is 0 Å². The Balaban J connectivity index is 1.53. The van der Waals surface area contributed by atoms with E-state index in [1.165, 1.54) is 0 Å². The predicted octanol–water partition coefficient (Wildman–Crippen LogP) is 4.16. The number of ether oxygens (including phenoxy) is 1. The highest BCUT2D eigenvalue weighted by molar-refractivity contribution is 6.08. The van der Waals surface area contributed by atoms with Crippen LogP contribution in [0.15, 0.2) is 53.7 Å². The number of nitrogens with zero attached hydrogens (tertiary/aromatic N) is 2. The molecule has 29 heavy (non-hydrogen) atoms. The zero-order valence-electron chi connectivity index (χ0n) is 16.6. The molecule has 2 aromatic rings. The van der Waals surface area contributed by atoms with Gasteiger partial charge in [-0.1, -0.05) is 42.5 Å². The van der Waals surface area contributed by atoms with Crippen LogP contribution in [0.5, 0.6) is 5.75 Å². The van der Waals surface area contributed by atoms with Crippen LogP contribution in [0.3, 0.4) is 0 Å². The first-order valence-electron chi connectivity index (χ1n) is 10.3. The Morgan fingerprint density at radius 2 is 1.66 bits per heavy atom. The second kappa shape index (κ2) is 6.83. The number of carbonyl (C=O) groups is 2. The van der Waals surface area contributed by atoms with Gasteiger partial charge in [-0.05, 0) is 55.4 Å². The maximum atomic E-state index is 13.0. The molecule has 0 N–H and O–H groups in total.